The van der Waals surface area contributed by atoms with E-state index in [1.807, 2.05) is 4.72 Å². The minimum absolute atomic E-state index is 0.179. The Morgan fingerprint density at radius 1 is 1.00 bits per heavy atom. The molecule has 0 heterocycles. The Bertz CT molecular complexity index is 1400. The van der Waals surface area contributed by atoms with Crippen LogP contribution in [0.5, 0.6) is 0 Å². The lowest BCUT2D eigenvalue weighted by atomic mass is 10.2. The quantitative estimate of drug-likeness (QED) is 0.358. The number of hydrogen-bond donors (Lipinski definition) is 1. The van der Waals surface area contributed by atoms with Crippen LogP contribution >= 0.6 is 11.6 Å². The minimum Gasteiger partial charge on any atom is -0.452 e. The summed E-state index contributed by atoms with van der Waals surface area (Å²) in [5.74, 6) is -1.45. The lowest BCUT2D eigenvalue weighted by Crippen LogP contribution is -2.39. The number of hydrogen-bond acceptors (Lipinski definition) is 5. The van der Waals surface area contributed by atoms with E-state index in [1.54, 1.807) is 44.2 Å². The number of halogens is 4. The fraction of sp³-hybridized carbons (Fsp3) is 0.200. The summed E-state index contributed by atoms with van der Waals surface area (Å²) in [5.41, 5.74) is -1.14. The van der Waals surface area contributed by atoms with Crippen molar-refractivity contribution < 1.29 is 35.9 Å². The molecule has 12 heteroatoms. The van der Waals surface area contributed by atoms with Gasteiger partial charge in [-0.2, -0.15) is 13.2 Å². The van der Waals surface area contributed by atoms with E-state index in [4.69, 9.17) is 16.3 Å². The lowest BCUT2D eigenvalue weighted by Gasteiger charge is -2.26. The Hall–Kier alpha value is -3.57. The third kappa shape index (κ3) is 7.01. The number of nitrogens with one attached hydrogen (secondary N) is 1. The van der Waals surface area contributed by atoms with Crippen molar-refractivity contribution >= 4 is 44.9 Å². The number of carbonyl (C=O) groups is 2. The van der Waals surface area contributed by atoms with E-state index in [1.165, 1.54) is 17.0 Å². The first-order valence-electron chi connectivity index (χ1n) is 10.8. The second-order valence-corrected chi connectivity index (χ2v) is 10.2. The molecule has 0 saturated heterocycles. The average molecular weight is 555 g/mol. The summed E-state index contributed by atoms with van der Waals surface area (Å²) in [6.07, 6.45) is -4.71. The molecular weight excluding hydrogens is 533 g/mol. The molecule has 3 aromatic rings. The zero-order chi connectivity index (χ0) is 27.4. The first-order valence-corrected chi connectivity index (χ1v) is 12.7. The van der Waals surface area contributed by atoms with Crippen molar-refractivity contribution in [3.63, 3.8) is 0 Å². The monoisotopic (exact) mass is 554 g/mol. The number of amides is 1. The van der Waals surface area contributed by atoms with Crippen LogP contribution < -0.4 is 9.62 Å². The summed E-state index contributed by atoms with van der Waals surface area (Å²) >= 11 is 5.88. The molecule has 196 valence electrons. The van der Waals surface area contributed by atoms with Crippen molar-refractivity contribution in [2.24, 2.45) is 0 Å². The van der Waals surface area contributed by atoms with Gasteiger partial charge in [0.05, 0.1) is 26.7 Å². The number of para-hydroxylation sites is 1. The summed E-state index contributed by atoms with van der Waals surface area (Å²) in [4.78, 5) is 26.3. The molecule has 0 fully saturated rings. The van der Waals surface area contributed by atoms with Crippen LogP contribution in [-0.4, -0.2) is 32.9 Å². The molecule has 0 atom stereocenters. The number of esters is 1. The second kappa shape index (κ2) is 11.2. The third-order valence-electron chi connectivity index (χ3n) is 5.06. The Morgan fingerprint density at radius 3 is 2.30 bits per heavy atom. The first-order chi connectivity index (χ1) is 17.3. The van der Waals surface area contributed by atoms with Gasteiger partial charge in [-0.05, 0) is 62.4 Å². The molecule has 0 radical (unpaired) electrons. The molecule has 0 aliphatic carbocycles. The van der Waals surface area contributed by atoms with Gasteiger partial charge in [0.2, 0.25) is 0 Å². The highest BCUT2D eigenvalue weighted by atomic mass is 35.5. The van der Waals surface area contributed by atoms with Crippen molar-refractivity contribution in [1.82, 2.24) is 0 Å². The second-order valence-electron chi connectivity index (χ2n) is 8.09. The predicted octanol–water partition coefficient (Wildman–Crippen LogP) is 5.76. The van der Waals surface area contributed by atoms with Gasteiger partial charge in [0.1, 0.15) is 0 Å². The molecule has 1 N–H and O–H groups in total. The van der Waals surface area contributed by atoms with Crippen LogP contribution in [0.4, 0.5) is 24.5 Å². The van der Waals surface area contributed by atoms with Crippen LogP contribution in [0.2, 0.25) is 5.02 Å². The minimum atomic E-state index is -4.71. The largest absolute Gasteiger partial charge is 0.452 e. The highest BCUT2D eigenvalue weighted by molar-refractivity contribution is 7.92. The molecule has 1 amide bonds. The normalized spacial score (nSPS) is 11.8. The van der Waals surface area contributed by atoms with Gasteiger partial charge in [-0.1, -0.05) is 35.9 Å². The maximum absolute atomic E-state index is 13.0. The highest BCUT2D eigenvalue weighted by Crippen LogP contribution is 2.34. The van der Waals surface area contributed by atoms with Gasteiger partial charge >= 0.3 is 12.1 Å². The van der Waals surface area contributed by atoms with Gasteiger partial charge in [-0.3, -0.25) is 9.52 Å². The lowest BCUT2D eigenvalue weighted by molar-refractivity contribution is -0.137. The summed E-state index contributed by atoms with van der Waals surface area (Å²) < 4.78 is 71.8. The summed E-state index contributed by atoms with van der Waals surface area (Å²) in [5, 5.41) is -0.251. The molecule has 0 aliphatic heterocycles. The molecule has 3 rings (SSSR count). The Morgan fingerprint density at radius 2 is 1.68 bits per heavy atom. The van der Waals surface area contributed by atoms with Crippen LogP contribution in [-0.2, 0) is 25.7 Å². The van der Waals surface area contributed by atoms with E-state index in [0.717, 1.165) is 24.3 Å². The Kier molecular flexibility index (Phi) is 8.49. The topological polar surface area (TPSA) is 92.8 Å². The number of alkyl halides is 3. The number of sulfonamides is 1. The third-order valence-corrected chi connectivity index (χ3v) is 6.76. The molecule has 0 saturated carbocycles. The average Bonchev–Trinajstić information content (AvgIpc) is 2.83. The molecule has 7 nitrogen and oxygen atoms in total. The van der Waals surface area contributed by atoms with E-state index in [9.17, 15) is 31.2 Å². The van der Waals surface area contributed by atoms with Crippen molar-refractivity contribution in [1.29, 1.82) is 0 Å². The van der Waals surface area contributed by atoms with E-state index >= 15 is 0 Å². The summed E-state index contributed by atoms with van der Waals surface area (Å²) in [7, 11) is -4.43. The molecular formula is C25H22ClF3N2O5S. The zero-order valence-corrected chi connectivity index (χ0v) is 21.2. The van der Waals surface area contributed by atoms with Crippen LogP contribution in [0.25, 0.3) is 0 Å². The molecule has 0 spiro atoms. The maximum Gasteiger partial charge on any atom is 0.416 e. The molecule has 0 aromatic heterocycles. The Balaban J connectivity index is 1.76. The van der Waals surface area contributed by atoms with Crippen molar-refractivity contribution in [3.8, 4) is 0 Å². The van der Waals surface area contributed by atoms with Crippen LogP contribution in [0.3, 0.4) is 0 Å². The molecule has 3 aromatic carbocycles. The van der Waals surface area contributed by atoms with Gasteiger partial charge < -0.3 is 9.64 Å². The van der Waals surface area contributed by atoms with E-state index in [0.29, 0.717) is 11.8 Å². The fourth-order valence-corrected chi connectivity index (χ4v) is 4.71. The molecule has 37 heavy (non-hydrogen) atoms. The van der Waals surface area contributed by atoms with Crippen molar-refractivity contribution in [2.75, 3.05) is 16.2 Å². The summed E-state index contributed by atoms with van der Waals surface area (Å²) in [6.45, 7) is 3.00. The van der Waals surface area contributed by atoms with Gasteiger partial charge in [-0.15, -0.1) is 0 Å². The van der Waals surface area contributed by atoms with Gasteiger partial charge in [0, 0.05) is 11.7 Å². The van der Waals surface area contributed by atoms with E-state index in [2.05, 4.69) is 0 Å². The highest BCUT2D eigenvalue weighted by Gasteiger charge is 2.31. The number of nitrogens with zero attached hydrogens (tertiary/aromatic N) is 1. The number of rotatable bonds is 8. The fourth-order valence-electron chi connectivity index (χ4n) is 3.37. The standard InChI is InChI=1S/C25H22ClF3N2O5S/c1-16(2)31(19-8-4-3-5-9-19)23(32)15-36-24(33)17-7-6-10-20(13-17)37(34,35)30-22-14-18(25(27,28)29)11-12-21(22)26/h3-14,16,30H,15H2,1-2H3. The van der Waals surface area contributed by atoms with Crippen LogP contribution in [0, 0.1) is 0 Å². The van der Waals surface area contributed by atoms with Gasteiger partial charge in [-0.25, -0.2) is 13.2 Å². The zero-order valence-electron chi connectivity index (χ0n) is 19.6. The van der Waals surface area contributed by atoms with Crippen molar-refractivity contribution in [3.05, 3.63) is 88.9 Å². The van der Waals surface area contributed by atoms with E-state index in [-0.39, 0.29) is 16.6 Å². The smallest absolute Gasteiger partial charge is 0.416 e. The molecule has 0 unspecified atom stereocenters. The predicted molar refractivity (Wildman–Crippen MR) is 133 cm³/mol. The number of anilines is 2. The first kappa shape index (κ1) is 28.0. The number of benzene rings is 3. The van der Waals surface area contributed by atoms with Gasteiger partial charge in [0.25, 0.3) is 15.9 Å². The SMILES string of the molecule is CC(C)N(C(=O)COC(=O)c1cccc(S(=O)(=O)Nc2cc(C(F)(F)F)ccc2Cl)c1)c1ccccc1. The van der Waals surface area contributed by atoms with Gasteiger partial charge in [0.15, 0.2) is 6.61 Å². The van der Waals surface area contributed by atoms with Crippen LogP contribution in [0.1, 0.15) is 29.8 Å². The summed E-state index contributed by atoms with van der Waals surface area (Å²) in [6, 6.07) is 15.4. The van der Waals surface area contributed by atoms with Crippen LogP contribution in [0.15, 0.2) is 77.7 Å². The Labute approximate surface area is 216 Å². The number of ether oxygens (including phenoxy) is 1. The molecule has 0 bridgehead atoms. The van der Waals surface area contributed by atoms with E-state index < -0.39 is 50.8 Å². The van der Waals surface area contributed by atoms with Crippen molar-refractivity contribution in [2.45, 2.75) is 31.0 Å². The molecule has 0 aliphatic rings. The number of carbonyl (C=O) groups excluding carboxylic acids is 2. The maximum atomic E-state index is 13.0.